The van der Waals surface area contributed by atoms with Gasteiger partial charge in [0.05, 0.1) is 25.4 Å². The molecule has 0 bridgehead atoms. The lowest BCUT2D eigenvalue weighted by atomic mass is 9.90. The summed E-state index contributed by atoms with van der Waals surface area (Å²) in [7, 11) is 1.14. The van der Waals surface area contributed by atoms with Gasteiger partial charge in [-0.15, -0.1) is 0 Å². The minimum Gasteiger partial charge on any atom is -0.468 e. The zero-order valence-electron chi connectivity index (χ0n) is 12.1. The molecule has 2 atom stereocenters. The Morgan fingerprint density at radius 3 is 2.59 bits per heavy atom. The quantitative estimate of drug-likeness (QED) is 0.622. The van der Waals surface area contributed by atoms with E-state index in [1.807, 2.05) is 0 Å². The second-order valence-electron chi connectivity index (χ2n) is 5.16. The number of esters is 1. The van der Waals surface area contributed by atoms with E-state index in [0.717, 1.165) is 13.2 Å². The zero-order chi connectivity index (χ0) is 16.5. The number of halogens is 3. The molecule has 1 aliphatic rings. The summed E-state index contributed by atoms with van der Waals surface area (Å²) in [4.78, 5) is 23.4. The van der Waals surface area contributed by atoms with E-state index in [0.29, 0.717) is 5.56 Å². The first kappa shape index (κ1) is 16.5. The van der Waals surface area contributed by atoms with Crippen molar-refractivity contribution in [1.29, 1.82) is 0 Å². The number of carbonyl (C=O) groups is 2. The van der Waals surface area contributed by atoms with E-state index < -0.39 is 35.5 Å². The first-order chi connectivity index (χ1) is 10.2. The number of Topliss-reactive ketones (excluding diaryl/α,β-unsaturated/α-hetero) is 1. The van der Waals surface area contributed by atoms with Crippen molar-refractivity contribution in [3.8, 4) is 0 Å². The third kappa shape index (κ3) is 3.30. The van der Waals surface area contributed by atoms with Crippen molar-refractivity contribution in [2.45, 2.75) is 25.6 Å². The Hall–Kier alpha value is -1.89. The highest BCUT2D eigenvalue weighted by Gasteiger charge is 2.40. The predicted octanol–water partition coefficient (Wildman–Crippen LogP) is 2.83. The van der Waals surface area contributed by atoms with Crippen LogP contribution in [0.4, 0.5) is 13.2 Å². The van der Waals surface area contributed by atoms with Crippen LogP contribution in [0, 0.1) is 12.8 Å². The number of hydrogen-bond acceptors (Lipinski definition) is 4. The minimum absolute atomic E-state index is 0.0795. The first-order valence-electron chi connectivity index (χ1n) is 6.64. The van der Waals surface area contributed by atoms with Gasteiger partial charge in [0.25, 0.3) is 0 Å². The molecule has 4 nitrogen and oxygen atoms in total. The summed E-state index contributed by atoms with van der Waals surface area (Å²) in [6, 6.07) is 3.69. The summed E-state index contributed by atoms with van der Waals surface area (Å²) in [5.41, 5.74) is -0.272. The minimum atomic E-state index is -4.53. The highest BCUT2D eigenvalue weighted by Crippen LogP contribution is 2.39. The molecule has 0 spiro atoms. The smallest absolute Gasteiger partial charge is 0.416 e. The maximum absolute atomic E-state index is 13.1. The molecule has 0 aliphatic carbocycles. The summed E-state index contributed by atoms with van der Waals surface area (Å²) in [6.45, 7) is 1.38. The summed E-state index contributed by atoms with van der Waals surface area (Å²) in [5.74, 6) is -2.28. The number of methoxy groups -OCH3 is 1. The Bertz CT molecular complexity index is 595. The van der Waals surface area contributed by atoms with Crippen molar-refractivity contribution in [3.05, 3.63) is 34.9 Å². The monoisotopic (exact) mass is 316 g/mol. The largest absolute Gasteiger partial charge is 0.468 e. The van der Waals surface area contributed by atoms with Gasteiger partial charge in [-0.1, -0.05) is 17.7 Å². The van der Waals surface area contributed by atoms with Crippen LogP contribution in [0.5, 0.6) is 0 Å². The molecule has 7 heteroatoms. The lowest BCUT2D eigenvalue weighted by Gasteiger charge is -2.28. The van der Waals surface area contributed by atoms with E-state index in [4.69, 9.17) is 4.74 Å². The van der Waals surface area contributed by atoms with Crippen LogP contribution in [0.15, 0.2) is 18.2 Å². The number of ether oxygens (including phenoxy) is 2. The van der Waals surface area contributed by atoms with Gasteiger partial charge in [-0.05, 0) is 18.6 Å². The van der Waals surface area contributed by atoms with Crippen LogP contribution in [0.25, 0.3) is 0 Å². The van der Waals surface area contributed by atoms with Crippen molar-refractivity contribution in [2.24, 2.45) is 5.92 Å². The third-order valence-corrected chi connectivity index (χ3v) is 3.58. The molecule has 1 saturated heterocycles. The highest BCUT2D eigenvalue weighted by atomic mass is 19.4. The number of benzene rings is 1. The van der Waals surface area contributed by atoms with E-state index >= 15 is 0 Å². The molecule has 0 N–H and O–H groups in total. The van der Waals surface area contributed by atoms with Gasteiger partial charge >= 0.3 is 12.1 Å². The molecular formula is C15H15F3O4. The number of carbonyl (C=O) groups excluding carboxylic acids is 2. The lowest BCUT2D eigenvalue weighted by Crippen LogP contribution is -2.36. The van der Waals surface area contributed by atoms with Crippen molar-refractivity contribution in [2.75, 3.05) is 13.7 Å². The summed E-state index contributed by atoms with van der Waals surface area (Å²) < 4.78 is 49.0. The first-order valence-corrected chi connectivity index (χ1v) is 6.64. The molecule has 1 heterocycles. The number of aryl methyl sites for hydroxylation is 1. The predicted molar refractivity (Wildman–Crippen MR) is 70.0 cm³/mol. The highest BCUT2D eigenvalue weighted by molar-refractivity contribution is 5.99. The van der Waals surface area contributed by atoms with Gasteiger partial charge in [0.15, 0.2) is 5.78 Å². The molecular weight excluding hydrogens is 301 g/mol. The van der Waals surface area contributed by atoms with Gasteiger partial charge < -0.3 is 9.47 Å². The Kier molecular flexibility index (Phi) is 4.55. The molecule has 2 unspecified atom stereocenters. The number of rotatable bonds is 2. The summed E-state index contributed by atoms with van der Waals surface area (Å²) in [6.07, 6.45) is -5.83. The van der Waals surface area contributed by atoms with E-state index in [1.165, 1.54) is 12.1 Å². The molecule has 0 radical (unpaired) electrons. The molecule has 0 aromatic heterocycles. The van der Waals surface area contributed by atoms with Crippen LogP contribution >= 0.6 is 0 Å². The summed E-state index contributed by atoms with van der Waals surface area (Å²) >= 11 is 0. The van der Waals surface area contributed by atoms with Crippen LogP contribution in [0.1, 0.15) is 29.2 Å². The maximum atomic E-state index is 13.1. The molecule has 1 aromatic rings. The average Bonchev–Trinajstić information content (AvgIpc) is 2.45. The van der Waals surface area contributed by atoms with E-state index in [1.54, 1.807) is 6.92 Å². The summed E-state index contributed by atoms with van der Waals surface area (Å²) in [5, 5.41) is 0. The molecule has 2 rings (SSSR count). The van der Waals surface area contributed by atoms with Crippen molar-refractivity contribution in [3.63, 3.8) is 0 Å². The van der Waals surface area contributed by atoms with Gasteiger partial charge in [0.2, 0.25) is 0 Å². The number of hydrogen-bond donors (Lipinski definition) is 0. The van der Waals surface area contributed by atoms with E-state index in [9.17, 15) is 22.8 Å². The lowest BCUT2D eigenvalue weighted by molar-refractivity contribution is -0.160. The molecule has 1 fully saturated rings. The van der Waals surface area contributed by atoms with Gasteiger partial charge in [0.1, 0.15) is 5.92 Å². The molecule has 22 heavy (non-hydrogen) atoms. The van der Waals surface area contributed by atoms with Gasteiger partial charge in [-0.3, -0.25) is 9.59 Å². The van der Waals surface area contributed by atoms with Crippen LogP contribution < -0.4 is 0 Å². The van der Waals surface area contributed by atoms with Crippen molar-refractivity contribution >= 4 is 11.8 Å². The average molecular weight is 316 g/mol. The fourth-order valence-electron chi connectivity index (χ4n) is 2.44. The van der Waals surface area contributed by atoms with Gasteiger partial charge in [-0.2, -0.15) is 13.2 Å². The van der Waals surface area contributed by atoms with Crippen LogP contribution in [0.3, 0.4) is 0 Å². The fraction of sp³-hybridized carbons (Fsp3) is 0.467. The molecule has 1 aromatic carbocycles. The van der Waals surface area contributed by atoms with Crippen LogP contribution in [0.2, 0.25) is 0 Å². The fourth-order valence-corrected chi connectivity index (χ4v) is 2.44. The Labute approximate surface area is 125 Å². The molecule has 120 valence electrons. The Morgan fingerprint density at radius 1 is 1.36 bits per heavy atom. The van der Waals surface area contributed by atoms with Gasteiger partial charge in [-0.25, -0.2) is 0 Å². The van der Waals surface area contributed by atoms with Crippen molar-refractivity contribution < 1.29 is 32.2 Å². The molecule has 1 aliphatic heterocycles. The second-order valence-corrected chi connectivity index (χ2v) is 5.16. The number of alkyl halides is 3. The topological polar surface area (TPSA) is 52.6 Å². The third-order valence-electron chi connectivity index (χ3n) is 3.58. The van der Waals surface area contributed by atoms with E-state index in [-0.39, 0.29) is 18.6 Å². The van der Waals surface area contributed by atoms with Gasteiger partial charge in [0, 0.05) is 6.42 Å². The molecule has 0 saturated carbocycles. The SMILES string of the molecule is COC(=O)C1COC(c2cc(C)ccc2C(F)(F)F)CC1=O. The maximum Gasteiger partial charge on any atom is 0.416 e. The Balaban J connectivity index is 2.29. The van der Waals surface area contributed by atoms with Crippen LogP contribution in [-0.4, -0.2) is 25.5 Å². The molecule has 0 amide bonds. The van der Waals surface area contributed by atoms with Crippen LogP contribution in [-0.2, 0) is 25.2 Å². The normalized spacial score (nSPS) is 22.5. The van der Waals surface area contributed by atoms with Crippen molar-refractivity contribution in [1.82, 2.24) is 0 Å². The second kappa shape index (κ2) is 6.08. The van der Waals surface area contributed by atoms with E-state index in [2.05, 4.69) is 4.74 Å². The standard InChI is InChI=1S/C15H15F3O4/c1-8-3-4-11(15(16,17)18)9(5-8)13-6-12(19)10(7-22-13)14(20)21-2/h3-5,10,13H,6-7H2,1-2H3. The zero-order valence-corrected chi connectivity index (χ0v) is 12.1. The Morgan fingerprint density at radius 2 is 2.05 bits per heavy atom. The number of ketones is 1.